The van der Waals surface area contributed by atoms with E-state index in [0.29, 0.717) is 24.5 Å². The van der Waals surface area contributed by atoms with Crippen LogP contribution < -0.4 is 10.1 Å². The maximum atomic E-state index is 11.7. The number of ketones is 1. The first kappa shape index (κ1) is 14.5. The third-order valence-electron chi connectivity index (χ3n) is 3.22. The highest BCUT2D eigenvalue weighted by molar-refractivity contribution is 5.94. The Morgan fingerprint density at radius 2 is 1.90 bits per heavy atom. The summed E-state index contributed by atoms with van der Waals surface area (Å²) in [6, 6.07) is 6.94. The summed E-state index contributed by atoms with van der Waals surface area (Å²) in [7, 11) is 0. The van der Waals surface area contributed by atoms with Gasteiger partial charge in [-0.15, -0.1) is 0 Å². The first-order chi connectivity index (χ1) is 9.65. The van der Waals surface area contributed by atoms with E-state index >= 15 is 0 Å². The molecule has 0 bridgehead atoms. The fourth-order valence-corrected chi connectivity index (χ4v) is 2.05. The van der Waals surface area contributed by atoms with Crippen molar-refractivity contribution in [1.29, 1.82) is 0 Å². The molecule has 1 heterocycles. The van der Waals surface area contributed by atoms with Gasteiger partial charge >= 0.3 is 0 Å². The van der Waals surface area contributed by atoms with Crippen LogP contribution in [0.5, 0.6) is 5.75 Å². The van der Waals surface area contributed by atoms with E-state index in [1.54, 1.807) is 24.3 Å². The van der Waals surface area contributed by atoms with Crippen molar-refractivity contribution in [3.05, 3.63) is 29.8 Å². The predicted molar refractivity (Wildman–Crippen MR) is 73.9 cm³/mol. The second kappa shape index (κ2) is 7.05. The van der Waals surface area contributed by atoms with Crippen LogP contribution in [0.25, 0.3) is 0 Å². The highest BCUT2D eigenvalue weighted by Gasteiger charge is 2.16. The molecule has 0 atom stereocenters. The zero-order chi connectivity index (χ0) is 14.4. The normalized spacial score (nSPS) is 15.7. The molecule has 1 fully saturated rings. The molecule has 5 nitrogen and oxygen atoms in total. The molecule has 5 heteroatoms. The van der Waals surface area contributed by atoms with E-state index in [-0.39, 0.29) is 24.3 Å². The maximum absolute atomic E-state index is 11.7. The van der Waals surface area contributed by atoms with Crippen molar-refractivity contribution in [1.82, 2.24) is 5.32 Å². The van der Waals surface area contributed by atoms with Crippen LogP contribution in [-0.4, -0.2) is 37.6 Å². The van der Waals surface area contributed by atoms with Crippen molar-refractivity contribution < 1.29 is 19.1 Å². The molecule has 1 aliphatic heterocycles. The van der Waals surface area contributed by atoms with Gasteiger partial charge in [0.1, 0.15) is 5.75 Å². The van der Waals surface area contributed by atoms with Crippen LogP contribution in [0, 0.1) is 0 Å². The molecular weight excluding hydrogens is 258 g/mol. The number of ether oxygens (including phenoxy) is 2. The summed E-state index contributed by atoms with van der Waals surface area (Å²) >= 11 is 0. The van der Waals surface area contributed by atoms with E-state index in [1.165, 1.54) is 6.92 Å². The second-order valence-electron chi connectivity index (χ2n) is 4.82. The number of carbonyl (C=O) groups is 2. The number of carbonyl (C=O) groups excluding carboxylic acids is 2. The van der Waals surface area contributed by atoms with Gasteiger partial charge < -0.3 is 14.8 Å². The molecule has 0 unspecified atom stereocenters. The van der Waals surface area contributed by atoms with Crippen LogP contribution in [0.4, 0.5) is 0 Å². The van der Waals surface area contributed by atoms with Gasteiger partial charge in [0, 0.05) is 24.8 Å². The average molecular weight is 277 g/mol. The average Bonchev–Trinajstić information content (AvgIpc) is 2.46. The van der Waals surface area contributed by atoms with Crippen LogP contribution in [0.1, 0.15) is 30.1 Å². The Labute approximate surface area is 118 Å². The van der Waals surface area contributed by atoms with E-state index in [4.69, 9.17) is 9.47 Å². The second-order valence-corrected chi connectivity index (χ2v) is 4.82. The predicted octanol–water partition coefficient (Wildman–Crippen LogP) is 1.56. The van der Waals surface area contributed by atoms with Gasteiger partial charge in [0.05, 0.1) is 0 Å². The van der Waals surface area contributed by atoms with Gasteiger partial charge in [0.15, 0.2) is 12.4 Å². The Kier molecular flexibility index (Phi) is 5.12. The number of rotatable bonds is 5. The Balaban J connectivity index is 1.76. The highest BCUT2D eigenvalue weighted by Crippen LogP contribution is 2.12. The van der Waals surface area contributed by atoms with Crippen molar-refractivity contribution in [3.8, 4) is 5.75 Å². The summed E-state index contributed by atoms with van der Waals surface area (Å²) in [6.45, 7) is 2.88. The zero-order valence-corrected chi connectivity index (χ0v) is 11.6. The van der Waals surface area contributed by atoms with E-state index in [1.807, 2.05) is 0 Å². The zero-order valence-electron chi connectivity index (χ0n) is 11.6. The van der Waals surface area contributed by atoms with Crippen molar-refractivity contribution in [2.24, 2.45) is 0 Å². The fourth-order valence-electron chi connectivity index (χ4n) is 2.05. The van der Waals surface area contributed by atoms with Crippen molar-refractivity contribution in [3.63, 3.8) is 0 Å². The van der Waals surface area contributed by atoms with Gasteiger partial charge in [-0.3, -0.25) is 9.59 Å². The molecule has 108 valence electrons. The first-order valence-corrected chi connectivity index (χ1v) is 6.76. The Morgan fingerprint density at radius 3 is 2.50 bits per heavy atom. The lowest BCUT2D eigenvalue weighted by Gasteiger charge is -2.23. The molecule has 2 rings (SSSR count). The van der Waals surface area contributed by atoms with Gasteiger partial charge in [0.25, 0.3) is 5.91 Å². The SMILES string of the molecule is CC(=O)c1ccc(OCC(=O)NC2CCOCC2)cc1. The number of hydrogen-bond acceptors (Lipinski definition) is 4. The van der Waals surface area contributed by atoms with Crippen molar-refractivity contribution in [2.45, 2.75) is 25.8 Å². The number of hydrogen-bond donors (Lipinski definition) is 1. The number of Topliss-reactive ketones (excluding diaryl/α,β-unsaturated/α-hetero) is 1. The molecule has 1 aliphatic rings. The molecule has 0 saturated carbocycles. The summed E-state index contributed by atoms with van der Waals surface area (Å²) in [4.78, 5) is 22.9. The van der Waals surface area contributed by atoms with E-state index in [0.717, 1.165) is 12.8 Å². The van der Waals surface area contributed by atoms with Gasteiger partial charge in [-0.25, -0.2) is 0 Å². The molecular formula is C15H19NO4. The minimum Gasteiger partial charge on any atom is -0.484 e. The van der Waals surface area contributed by atoms with Crippen molar-refractivity contribution >= 4 is 11.7 Å². The van der Waals surface area contributed by atoms with Gasteiger partial charge in [-0.05, 0) is 44.0 Å². The Hall–Kier alpha value is -1.88. The molecule has 1 saturated heterocycles. The summed E-state index contributed by atoms with van der Waals surface area (Å²) in [5.74, 6) is 0.457. The molecule has 1 aromatic rings. The number of nitrogens with one attached hydrogen (secondary N) is 1. The molecule has 1 amide bonds. The minimum atomic E-state index is -0.132. The minimum absolute atomic E-state index is 0.00816. The molecule has 1 aromatic carbocycles. The summed E-state index contributed by atoms with van der Waals surface area (Å²) in [5, 5.41) is 2.92. The maximum Gasteiger partial charge on any atom is 0.258 e. The van der Waals surface area contributed by atoms with Crippen LogP contribution in [-0.2, 0) is 9.53 Å². The quantitative estimate of drug-likeness (QED) is 0.830. The molecule has 0 radical (unpaired) electrons. The van der Waals surface area contributed by atoms with Crippen LogP contribution in [0.2, 0.25) is 0 Å². The van der Waals surface area contributed by atoms with Crippen LogP contribution >= 0.6 is 0 Å². The van der Waals surface area contributed by atoms with E-state index in [2.05, 4.69) is 5.32 Å². The molecule has 0 spiro atoms. The lowest BCUT2D eigenvalue weighted by Crippen LogP contribution is -2.41. The lowest BCUT2D eigenvalue weighted by molar-refractivity contribution is -0.124. The first-order valence-electron chi connectivity index (χ1n) is 6.76. The summed E-state index contributed by atoms with van der Waals surface area (Å²) in [5.41, 5.74) is 0.629. The molecule has 0 aromatic heterocycles. The largest absolute Gasteiger partial charge is 0.484 e. The standard InChI is InChI=1S/C15H19NO4/c1-11(17)12-2-4-14(5-3-12)20-10-15(18)16-13-6-8-19-9-7-13/h2-5,13H,6-10H2,1H3,(H,16,18). The van der Waals surface area contributed by atoms with E-state index in [9.17, 15) is 9.59 Å². The molecule has 20 heavy (non-hydrogen) atoms. The fraction of sp³-hybridized carbons (Fsp3) is 0.467. The van der Waals surface area contributed by atoms with E-state index < -0.39 is 0 Å². The topological polar surface area (TPSA) is 64.6 Å². The van der Waals surface area contributed by atoms with Gasteiger partial charge in [-0.1, -0.05) is 0 Å². The Bertz CT molecular complexity index is 463. The smallest absolute Gasteiger partial charge is 0.258 e. The highest BCUT2D eigenvalue weighted by atomic mass is 16.5. The van der Waals surface area contributed by atoms with Crippen LogP contribution in [0.3, 0.4) is 0 Å². The number of amides is 1. The molecule has 0 aliphatic carbocycles. The van der Waals surface area contributed by atoms with Crippen molar-refractivity contribution in [2.75, 3.05) is 19.8 Å². The summed E-state index contributed by atoms with van der Waals surface area (Å²) < 4.78 is 10.6. The summed E-state index contributed by atoms with van der Waals surface area (Å²) in [6.07, 6.45) is 1.69. The third kappa shape index (κ3) is 4.35. The third-order valence-corrected chi connectivity index (χ3v) is 3.22. The van der Waals surface area contributed by atoms with Gasteiger partial charge in [-0.2, -0.15) is 0 Å². The van der Waals surface area contributed by atoms with Gasteiger partial charge in [0.2, 0.25) is 0 Å². The molecule has 1 N–H and O–H groups in total. The van der Waals surface area contributed by atoms with Crippen LogP contribution in [0.15, 0.2) is 24.3 Å². The Morgan fingerprint density at radius 1 is 1.25 bits per heavy atom. The number of benzene rings is 1. The lowest BCUT2D eigenvalue weighted by atomic mass is 10.1. The monoisotopic (exact) mass is 277 g/mol.